The molecule has 1 aliphatic heterocycles. The van der Waals surface area contributed by atoms with Gasteiger partial charge in [0.25, 0.3) is 0 Å². The Morgan fingerprint density at radius 3 is 2.69 bits per heavy atom. The highest BCUT2D eigenvalue weighted by molar-refractivity contribution is 6.04. The topological polar surface area (TPSA) is 83.2 Å². The first-order chi connectivity index (χ1) is 18.7. The zero-order valence-corrected chi connectivity index (χ0v) is 22.6. The van der Waals surface area contributed by atoms with Crippen molar-refractivity contribution in [1.82, 2.24) is 20.1 Å². The summed E-state index contributed by atoms with van der Waals surface area (Å²) >= 11 is 0. The molecule has 1 aliphatic carbocycles. The Balaban J connectivity index is 1.39. The fourth-order valence-corrected chi connectivity index (χ4v) is 6.74. The number of carbonyl (C=O) groups is 1. The van der Waals surface area contributed by atoms with Crippen LogP contribution in [-0.4, -0.2) is 51.7 Å². The van der Waals surface area contributed by atoms with Crippen LogP contribution in [0.2, 0.25) is 0 Å². The van der Waals surface area contributed by atoms with E-state index < -0.39 is 11.9 Å². The molecule has 1 spiro atoms. The van der Waals surface area contributed by atoms with Crippen LogP contribution in [0, 0.1) is 12.3 Å². The van der Waals surface area contributed by atoms with Crippen molar-refractivity contribution in [2.45, 2.75) is 65.0 Å². The Bertz CT molecular complexity index is 1530. The molecule has 206 valence electrons. The second-order valence-corrected chi connectivity index (χ2v) is 11.1. The number of likely N-dealkylation sites (tertiary alicyclic amines) is 1. The first-order valence-corrected chi connectivity index (χ1v) is 13.7. The number of nitrogens with one attached hydrogen (secondary N) is 2. The maximum Gasteiger partial charge on any atom is 0.338 e. The Kier molecular flexibility index (Phi) is 6.37. The highest BCUT2D eigenvalue weighted by Crippen LogP contribution is 2.60. The number of fused-ring (bicyclic) bond motifs is 2. The van der Waals surface area contributed by atoms with Crippen LogP contribution in [0.5, 0.6) is 5.88 Å². The van der Waals surface area contributed by atoms with Gasteiger partial charge < -0.3 is 14.5 Å². The van der Waals surface area contributed by atoms with Gasteiger partial charge in [0.15, 0.2) is 5.88 Å². The van der Waals surface area contributed by atoms with Gasteiger partial charge in [0.05, 0.1) is 36.0 Å². The molecule has 9 heteroatoms. The molecule has 39 heavy (non-hydrogen) atoms. The summed E-state index contributed by atoms with van der Waals surface area (Å²) in [5, 5.41) is 9.13. The minimum atomic E-state index is -2.59. The van der Waals surface area contributed by atoms with E-state index in [4.69, 9.17) is 9.47 Å². The van der Waals surface area contributed by atoms with Gasteiger partial charge in [-0.3, -0.25) is 10.00 Å². The average molecular weight is 537 g/mol. The highest BCUT2D eigenvalue weighted by Gasteiger charge is 2.58. The van der Waals surface area contributed by atoms with E-state index in [1.807, 2.05) is 13.0 Å². The van der Waals surface area contributed by atoms with Gasteiger partial charge >= 0.3 is 5.97 Å². The molecule has 1 saturated carbocycles. The van der Waals surface area contributed by atoms with Crippen LogP contribution in [-0.2, 0) is 11.3 Å². The molecular weight excluding hydrogens is 502 g/mol. The predicted octanol–water partition coefficient (Wildman–Crippen LogP) is 6.68. The summed E-state index contributed by atoms with van der Waals surface area (Å²) < 4.78 is 39.3. The molecule has 2 aromatic heterocycles. The van der Waals surface area contributed by atoms with E-state index in [1.54, 1.807) is 19.2 Å². The number of H-pyrrole nitrogens is 2. The third-order valence-electron chi connectivity index (χ3n) is 8.51. The van der Waals surface area contributed by atoms with Crippen LogP contribution in [0.25, 0.3) is 21.8 Å². The highest BCUT2D eigenvalue weighted by atomic mass is 19.3. The second kappa shape index (κ2) is 9.62. The zero-order valence-electron chi connectivity index (χ0n) is 22.6. The van der Waals surface area contributed by atoms with Gasteiger partial charge in [-0.2, -0.15) is 5.10 Å². The van der Waals surface area contributed by atoms with Gasteiger partial charge in [-0.15, -0.1) is 0 Å². The summed E-state index contributed by atoms with van der Waals surface area (Å²) in [6.07, 6.45) is 2.87. The third kappa shape index (κ3) is 4.56. The summed E-state index contributed by atoms with van der Waals surface area (Å²) in [7, 11) is 0. The number of halogens is 2. The number of ether oxygens (including phenoxy) is 2. The first kappa shape index (κ1) is 25.8. The van der Waals surface area contributed by atoms with Gasteiger partial charge in [-0.25, -0.2) is 13.6 Å². The molecule has 0 bridgehead atoms. The number of esters is 1. The number of aromatic amines is 2. The third-order valence-corrected chi connectivity index (χ3v) is 8.51. The maximum absolute atomic E-state index is 14.1. The monoisotopic (exact) mass is 536 g/mol. The molecule has 0 amide bonds. The van der Waals surface area contributed by atoms with E-state index in [1.165, 1.54) is 0 Å². The normalized spacial score (nSPS) is 20.4. The number of carbonyl (C=O) groups excluding carboxylic acids is 1. The van der Waals surface area contributed by atoms with Crippen molar-refractivity contribution < 1.29 is 23.0 Å². The van der Waals surface area contributed by atoms with Crippen LogP contribution in [0.4, 0.5) is 8.78 Å². The van der Waals surface area contributed by atoms with Crippen LogP contribution < -0.4 is 4.74 Å². The molecule has 2 N–H and O–H groups in total. The molecule has 2 aliphatic rings. The Labute approximate surface area is 225 Å². The molecule has 2 aromatic carbocycles. The van der Waals surface area contributed by atoms with Gasteiger partial charge in [0, 0.05) is 42.3 Å². The summed E-state index contributed by atoms with van der Waals surface area (Å²) in [5.41, 5.74) is 5.14. The lowest BCUT2D eigenvalue weighted by molar-refractivity contribution is -0.186. The van der Waals surface area contributed by atoms with E-state index in [2.05, 4.69) is 45.2 Å². The molecule has 1 saturated heterocycles. The number of aryl methyl sites for hydroxylation is 1. The van der Waals surface area contributed by atoms with E-state index in [0.29, 0.717) is 37.1 Å². The molecule has 7 nitrogen and oxygen atoms in total. The largest absolute Gasteiger partial charge is 0.479 e. The smallest absolute Gasteiger partial charge is 0.338 e. The van der Waals surface area contributed by atoms with Gasteiger partial charge in [0.2, 0.25) is 5.92 Å². The van der Waals surface area contributed by atoms with E-state index in [-0.39, 0.29) is 30.9 Å². The average Bonchev–Trinajstić information content (AvgIpc) is 3.54. The predicted molar refractivity (Wildman–Crippen MR) is 145 cm³/mol. The van der Waals surface area contributed by atoms with Crippen LogP contribution in [0.1, 0.15) is 72.6 Å². The standard InChI is InChI=1S/C30H34F2N4O3/c1-4-38-25-12-22-19(7-6-18(3)26(22)34-25)15-36-11-10-29(16-30(31,32)17-29)13-24(36)21-9-8-20(28(37)39-5-2)23-14-33-35-27(21)23/h6-9,12,14,24,34H,4-5,10-11,13,15-17H2,1-3H3,(H,33,35). The molecule has 1 atom stereocenters. The van der Waals surface area contributed by atoms with Gasteiger partial charge in [-0.05, 0) is 68.3 Å². The summed E-state index contributed by atoms with van der Waals surface area (Å²) in [4.78, 5) is 18.4. The van der Waals surface area contributed by atoms with Crippen molar-refractivity contribution in [2.75, 3.05) is 19.8 Å². The molecule has 6 rings (SSSR count). The molecule has 0 radical (unpaired) electrons. The number of aromatic nitrogens is 3. The minimum Gasteiger partial charge on any atom is -0.479 e. The lowest BCUT2D eigenvalue weighted by Gasteiger charge is -2.54. The second-order valence-electron chi connectivity index (χ2n) is 11.1. The first-order valence-electron chi connectivity index (χ1n) is 13.7. The van der Waals surface area contributed by atoms with Crippen molar-refractivity contribution in [1.29, 1.82) is 0 Å². The molecule has 4 aromatic rings. The van der Waals surface area contributed by atoms with Crippen molar-refractivity contribution in [3.8, 4) is 5.88 Å². The molecule has 3 heterocycles. The molecular formula is C30H34F2N4O3. The Morgan fingerprint density at radius 2 is 1.95 bits per heavy atom. The zero-order chi connectivity index (χ0) is 27.4. The van der Waals surface area contributed by atoms with Crippen LogP contribution in [0.3, 0.4) is 0 Å². The van der Waals surface area contributed by atoms with Crippen molar-refractivity contribution in [3.63, 3.8) is 0 Å². The Hall–Kier alpha value is -3.46. The number of alkyl halides is 2. The number of nitrogens with zero attached hydrogens (tertiary/aromatic N) is 2. The minimum absolute atomic E-state index is 0.0678. The lowest BCUT2D eigenvalue weighted by Crippen LogP contribution is -2.53. The van der Waals surface area contributed by atoms with Gasteiger partial charge in [-0.1, -0.05) is 18.2 Å². The lowest BCUT2D eigenvalue weighted by atomic mass is 9.59. The number of piperidine rings is 1. The van der Waals surface area contributed by atoms with E-state index in [0.717, 1.165) is 45.4 Å². The molecule has 1 unspecified atom stereocenters. The quantitative estimate of drug-likeness (QED) is 0.258. The Morgan fingerprint density at radius 1 is 1.13 bits per heavy atom. The van der Waals surface area contributed by atoms with Crippen molar-refractivity contribution >= 4 is 27.8 Å². The number of hydrogen-bond donors (Lipinski definition) is 2. The SMILES string of the molecule is CCOC(=O)c1ccc(C2CC3(CCN2Cc2ccc(C)c4[nH]c(OCC)cc24)CC(F)(F)C3)c2[nH]ncc12. The summed E-state index contributed by atoms with van der Waals surface area (Å²) in [6.45, 7) is 8.02. The summed E-state index contributed by atoms with van der Waals surface area (Å²) in [6, 6.07) is 9.91. The fraction of sp³-hybridized carbons (Fsp3) is 0.467. The number of rotatable bonds is 7. The van der Waals surface area contributed by atoms with Crippen molar-refractivity contribution in [2.24, 2.45) is 5.41 Å². The van der Waals surface area contributed by atoms with Gasteiger partial charge in [0.1, 0.15) is 0 Å². The maximum atomic E-state index is 14.1. The van der Waals surface area contributed by atoms with E-state index >= 15 is 0 Å². The van der Waals surface area contributed by atoms with Crippen LogP contribution in [0.15, 0.2) is 36.5 Å². The van der Waals surface area contributed by atoms with Crippen LogP contribution >= 0.6 is 0 Å². The summed E-state index contributed by atoms with van der Waals surface area (Å²) in [5.74, 6) is -2.25. The fourth-order valence-electron chi connectivity index (χ4n) is 6.74. The number of benzene rings is 2. The van der Waals surface area contributed by atoms with Crippen molar-refractivity contribution in [3.05, 3.63) is 58.8 Å². The number of hydrogen-bond acceptors (Lipinski definition) is 5. The van der Waals surface area contributed by atoms with E-state index in [9.17, 15) is 13.6 Å². The molecule has 2 fully saturated rings.